The summed E-state index contributed by atoms with van der Waals surface area (Å²) in [5.41, 5.74) is 1.32. The summed E-state index contributed by atoms with van der Waals surface area (Å²) in [4.78, 5) is 11.9. The van der Waals surface area contributed by atoms with Crippen molar-refractivity contribution in [3.8, 4) is 5.75 Å². The summed E-state index contributed by atoms with van der Waals surface area (Å²) in [5, 5.41) is 0. The van der Waals surface area contributed by atoms with Crippen LogP contribution in [0, 0.1) is 0 Å². The largest absolute Gasteiger partial charge is 0.496 e. The molecule has 2 aliphatic heterocycles. The lowest BCUT2D eigenvalue weighted by atomic mass is 9.95. The number of fused-ring (bicyclic) bond motifs is 2. The molecular weight excluding hydrogens is 220 g/mol. The highest BCUT2D eigenvalue weighted by atomic mass is 16.7. The summed E-state index contributed by atoms with van der Waals surface area (Å²) in [6.07, 6.45) is 2.74. The van der Waals surface area contributed by atoms with Crippen molar-refractivity contribution in [2.24, 2.45) is 0 Å². The van der Waals surface area contributed by atoms with Crippen molar-refractivity contribution < 1.29 is 19.0 Å². The predicted molar refractivity (Wildman–Crippen MR) is 59.9 cm³/mol. The van der Waals surface area contributed by atoms with Gasteiger partial charge in [-0.05, 0) is 18.9 Å². The SMILES string of the molecule is COc1cccc2c1C(=O)OC21CCCCO1. The average Bonchev–Trinajstić information content (AvgIpc) is 2.64. The molecule has 0 bridgehead atoms. The summed E-state index contributed by atoms with van der Waals surface area (Å²) in [7, 11) is 1.55. The summed E-state index contributed by atoms with van der Waals surface area (Å²) in [5.74, 6) is -0.656. The number of carbonyl (C=O) groups excluding carboxylic acids is 1. The second-order valence-electron chi connectivity index (χ2n) is 4.33. The minimum atomic E-state index is -0.862. The van der Waals surface area contributed by atoms with Crippen molar-refractivity contribution >= 4 is 5.97 Å². The molecule has 1 saturated heterocycles. The summed E-state index contributed by atoms with van der Waals surface area (Å²) in [6.45, 7) is 0.629. The molecule has 1 aromatic rings. The Morgan fingerprint density at radius 3 is 2.94 bits per heavy atom. The van der Waals surface area contributed by atoms with Crippen molar-refractivity contribution in [2.45, 2.75) is 25.0 Å². The van der Waals surface area contributed by atoms with Gasteiger partial charge in [0.1, 0.15) is 11.3 Å². The van der Waals surface area contributed by atoms with Gasteiger partial charge in [0.05, 0.1) is 13.7 Å². The van der Waals surface area contributed by atoms with Gasteiger partial charge in [-0.2, -0.15) is 0 Å². The fourth-order valence-electron chi connectivity index (χ4n) is 2.55. The summed E-state index contributed by atoms with van der Waals surface area (Å²) in [6, 6.07) is 5.51. The third-order valence-electron chi connectivity index (χ3n) is 3.35. The molecule has 17 heavy (non-hydrogen) atoms. The molecule has 1 spiro atoms. The van der Waals surface area contributed by atoms with Crippen LogP contribution in [0.25, 0.3) is 0 Å². The Labute approximate surface area is 99.5 Å². The van der Waals surface area contributed by atoms with Crippen LogP contribution in [0.5, 0.6) is 5.75 Å². The topological polar surface area (TPSA) is 44.8 Å². The molecule has 90 valence electrons. The molecule has 0 amide bonds. The van der Waals surface area contributed by atoms with Gasteiger partial charge in [-0.25, -0.2) is 4.79 Å². The number of carbonyl (C=O) groups is 1. The van der Waals surface area contributed by atoms with E-state index in [0.717, 1.165) is 24.8 Å². The molecule has 1 unspecified atom stereocenters. The maximum Gasteiger partial charge on any atom is 0.345 e. The average molecular weight is 234 g/mol. The first kappa shape index (κ1) is 10.6. The fraction of sp³-hybridized carbons (Fsp3) is 0.462. The lowest BCUT2D eigenvalue weighted by Crippen LogP contribution is -2.33. The molecule has 2 heterocycles. The fourth-order valence-corrected chi connectivity index (χ4v) is 2.55. The molecule has 4 heteroatoms. The van der Waals surface area contributed by atoms with Gasteiger partial charge in [0.25, 0.3) is 0 Å². The van der Waals surface area contributed by atoms with E-state index in [2.05, 4.69) is 0 Å². The zero-order valence-corrected chi connectivity index (χ0v) is 9.69. The molecule has 0 radical (unpaired) electrons. The second kappa shape index (κ2) is 3.74. The van der Waals surface area contributed by atoms with E-state index in [-0.39, 0.29) is 5.97 Å². The number of benzene rings is 1. The molecule has 2 aliphatic rings. The van der Waals surface area contributed by atoms with E-state index < -0.39 is 5.79 Å². The number of esters is 1. The maximum absolute atomic E-state index is 11.9. The highest BCUT2D eigenvalue weighted by Gasteiger charge is 2.49. The smallest absolute Gasteiger partial charge is 0.345 e. The Morgan fingerprint density at radius 1 is 1.35 bits per heavy atom. The van der Waals surface area contributed by atoms with E-state index in [1.807, 2.05) is 12.1 Å². The van der Waals surface area contributed by atoms with Gasteiger partial charge in [-0.1, -0.05) is 12.1 Å². The first-order chi connectivity index (χ1) is 8.27. The number of rotatable bonds is 1. The van der Waals surface area contributed by atoms with Gasteiger partial charge >= 0.3 is 5.97 Å². The Kier molecular flexibility index (Phi) is 2.33. The highest BCUT2D eigenvalue weighted by Crippen LogP contribution is 2.46. The van der Waals surface area contributed by atoms with E-state index in [0.29, 0.717) is 17.9 Å². The summed E-state index contributed by atoms with van der Waals surface area (Å²) >= 11 is 0. The van der Waals surface area contributed by atoms with Crippen LogP contribution in [-0.4, -0.2) is 19.7 Å². The van der Waals surface area contributed by atoms with Gasteiger partial charge in [0.15, 0.2) is 0 Å². The number of hydrogen-bond acceptors (Lipinski definition) is 4. The molecular formula is C13H14O4. The van der Waals surface area contributed by atoms with Gasteiger partial charge in [-0.3, -0.25) is 0 Å². The number of hydrogen-bond donors (Lipinski definition) is 0. The molecule has 0 saturated carbocycles. The van der Waals surface area contributed by atoms with E-state index in [4.69, 9.17) is 14.2 Å². The molecule has 1 aromatic carbocycles. The molecule has 0 aromatic heterocycles. The molecule has 0 aliphatic carbocycles. The van der Waals surface area contributed by atoms with Gasteiger partial charge < -0.3 is 14.2 Å². The van der Waals surface area contributed by atoms with Crippen LogP contribution < -0.4 is 4.74 Å². The van der Waals surface area contributed by atoms with Crippen LogP contribution in [0.1, 0.15) is 35.2 Å². The zero-order chi connectivity index (χ0) is 11.9. The van der Waals surface area contributed by atoms with E-state index in [1.165, 1.54) is 0 Å². The molecule has 3 rings (SSSR count). The van der Waals surface area contributed by atoms with Crippen LogP contribution in [0.3, 0.4) is 0 Å². The van der Waals surface area contributed by atoms with Crippen LogP contribution >= 0.6 is 0 Å². The monoisotopic (exact) mass is 234 g/mol. The standard InChI is InChI=1S/C13H14O4/c1-15-10-6-4-5-9-11(10)12(14)17-13(9)7-2-3-8-16-13/h4-6H,2-3,7-8H2,1H3. The van der Waals surface area contributed by atoms with Crippen LogP contribution in [-0.2, 0) is 15.3 Å². The van der Waals surface area contributed by atoms with Gasteiger partial charge in [-0.15, -0.1) is 0 Å². The minimum Gasteiger partial charge on any atom is -0.496 e. The third kappa shape index (κ3) is 1.44. The Morgan fingerprint density at radius 2 is 2.24 bits per heavy atom. The van der Waals surface area contributed by atoms with Crippen molar-refractivity contribution in [1.82, 2.24) is 0 Å². The van der Waals surface area contributed by atoms with Gasteiger partial charge in [0, 0.05) is 12.0 Å². The van der Waals surface area contributed by atoms with Crippen LogP contribution in [0.2, 0.25) is 0 Å². The highest BCUT2D eigenvalue weighted by molar-refractivity contribution is 5.97. The van der Waals surface area contributed by atoms with Crippen molar-refractivity contribution in [3.63, 3.8) is 0 Å². The number of methoxy groups -OCH3 is 1. The second-order valence-corrected chi connectivity index (χ2v) is 4.33. The van der Waals surface area contributed by atoms with E-state index >= 15 is 0 Å². The molecule has 1 fully saturated rings. The predicted octanol–water partition coefficient (Wildman–Crippen LogP) is 2.22. The van der Waals surface area contributed by atoms with Crippen molar-refractivity contribution in [3.05, 3.63) is 29.3 Å². The molecule has 1 atom stereocenters. The summed E-state index contributed by atoms with van der Waals surface area (Å²) < 4.78 is 16.4. The lowest BCUT2D eigenvalue weighted by molar-refractivity contribution is -0.224. The van der Waals surface area contributed by atoms with E-state index in [1.54, 1.807) is 13.2 Å². The van der Waals surface area contributed by atoms with Crippen LogP contribution in [0.4, 0.5) is 0 Å². The van der Waals surface area contributed by atoms with Crippen molar-refractivity contribution in [2.75, 3.05) is 13.7 Å². The minimum absolute atomic E-state index is 0.348. The van der Waals surface area contributed by atoms with Crippen molar-refractivity contribution in [1.29, 1.82) is 0 Å². The van der Waals surface area contributed by atoms with E-state index in [9.17, 15) is 4.79 Å². The first-order valence-electron chi connectivity index (χ1n) is 5.82. The maximum atomic E-state index is 11.9. The Bertz CT molecular complexity index is 460. The number of ether oxygens (including phenoxy) is 3. The van der Waals surface area contributed by atoms with Gasteiger partial charge in [0.2, 0.25) is 5.79 Å². The third-order valence-corrected chi connectivity index (χ3v) is 3.35. The van der Waals surface area contributed by atoms with Crippen LogP contribution in [0.15, 0.2) is 18.2 Å². The quantitative estimate of drug-likeness (QED) is 0.699. The first-order valence-corrected chi connectivity index (χ1v) is 5.82. The normalized spacial score (nSPS) is 26.8. The Balaban J connectivity index is 2.13. The molecule has 4 nitrogen and oxygen atoms in total. The molecule has 0 N–H and O–H groups in total. The zero-order valence-electron chi connectivity index (χ0n) is 9.69. The lowest BCUT2D eigenvalue weighted by Gasteiger charge is -2.32. The Hall–Kier alpha value is -1.55.